The number of anilines is 1. The molecule has 0 aliphatic carbocycles. The van der Waals surface area contributed by atoms with Crippen LogP contribution in [0.25, 0.3) is 11.0 Å². The van der Waals surface area contributed by atoms with Gasteiger partial charge in [-0.25, -0.2) is 9.18 Å². The fourth-order valence-corrected chi connectivity index (χ4v) is 2.39. The highest BCUT2D eigenvalue weighted by molar-refractivity contribution is 6.31. The Morgan fingerprint density at radius 2 is 1.87 bits per heavy atom. The minimum atomic E-state index is -0.787. The molecule has 3 aromatic rings. The number of hydrogen-bond donors (Lipinski definition) is 1. The van der Waals surface area contributed by atoms with Gasteiger partial charge in [-0.1, -0.05) is 23.2 Å². The van der Waals surface area contributed by atoms with Crippen molar-refractivity contribution in [1.82, 2.24) is 0 Å². The number of rotatable bonds is 2. The van der Waals surface area contributed by atoms with Crippen molar-refractivity contribution in [2.75, 3.05) is 5.32 Å². The van der Waals surface area contributed by atoms with E-state index >= 15 is 0 Å². The zero-order valence-electron chi connectivity index (χ0n) is 11.4. The van der Waals surface area contributed by atoms with Crippen LogP contribution in [0, 0.1) is 5.82 Å². The van der Waals surface area contributed by atoms with Crippen molar-refractivity contribution in [3.8, 4) is 0 Å². The highest BCUT2D eigenvalue weighted by atomic mass is 35.5. The van der Waals surface area contributed by atoms with E-state index in [0.717, 1.165) is 6.07 Å². The Hall–Kier alpha value is -2.37. The Kier molecular flexibility index (Phi) is 4.07. The maximum atomic E-state index is 13.1. The Morgan fingerprint density at radius 3 is 2.61 bits per heavy atom. The quantitative estimate of drug-likeness (QED) is 0.692. The zero-order chi connectivity index (χ0) is 16.6. The maximum absolute atomic E-state index is 13.1. The fraction of sp³-hybridized carbons (Fsp3) is 0. The number of benzene rings is 2. The van der Waals surface area contributed by atoms with Crippen molar-refractivity contribution in [3.63, 3.8) is 0 Å². The molecule has 0 radical (unpaired) electrons. The molecule has 1 aromatic heterocycles. The highest BCUT2D eigenvalue weighted by Crippen LogP contribution is 2.21. The Labute approximate surface area is 139 Å². The molecular weight excluding hydrogens is 344 g/mol. The lowest BCUT2D eigenvalue weighted by Gasteiger charge is -2.06. The summed E-state index contributed by atoms with van der Waals surface area (Å²) in [5.41, 5.74) is -0.404. The summed E-state index contributed by atoms with van der Waals surface area (Å²) in [4.78, 5) is 24.1. The molecule has 0 aliphatic heterocycles. The van der Waals surface area contributed by atoms with Crippen molar-refractivity contribution in [2.45, 2.75) is 0 Å². The molecule has 0 fully saturated rings. The van der Waals surface area contributed by atoms with Gasteiger partial charge >= 0.3 is 5.63 Å². The Bertz CT molecular complexity index is 985. The SMILES string of the molecule is O=C(Nc1ccc(F)c(Cl)c1)c1cc2cc(Cl)ccc2oc1=O. The third-order valence-electron chi connectivity index (χ3n) is 3.12. The summed E-state index contributed by atoms with van der Waals surface area (Å²) in [6.07, 6.45) is 0. The topological polar surface area (TPSA) is 59.3 Å². The number of halogens is 3. The molecule has 23 heavy (non-hydrogen) atoms. The van der Waals surface area contributed by atoms with Gasteiger partial charge < -0.3 is 9.73 Å². The van der Waals surface area contributed by atoms with Crippen molar-refractivity contribution >= 4 is 45.8 Å². The van der Waals surface area contributed by atoms with E-state index in [0.29, 0.717) is 16.0 Å². The van der Waals surface area contributed by atoms with E-state index in [4.69, 9.17) is 27.6 Å². The van der Waals surface area contributed by atoms with Crippen LogP contribution in [0.3, 0.4) is 0 Å². The average molecular weight is 352 g/mol. The van der Waals surface area contributed by atoms with Crippen molar-refractivity contribution in [3.05, 3.63) is 74.3 Å². The summed E-state index contributed by atoms with van der Waals surface area (Å²) in [6, 6.07) is 9.76. The third-order valence-corrected chi connectivity index (χ3v) is 3.64. The predicted octanol–water partition coefficient (Wildman–Crippen LogP) is 4.49. The molecule has 0 spiro atoms. The molecule has 0 unspecified atom stereocenters. The molecule has 7 heteroatoms. The molecule has 2 aromatic carbocycles. The van der Waals surface area contributed by atoms with E-state index in [1.807, 2.05) is 0 Å². The molecule has 1 amide bonds. The van der Waals surface area contributed by atoms with Crippen LogP contribution in [-0.2, 0) is 0 Å². The standard InChI is InChI=1S/C16H8Cl2FNO3/c17-9-1-4-14-8(5-9)6-11(16(22)23-14)15(21)20-10-2-3-13(19)12(18)7-10/h1-7H,(H,20,21). The molecular formula is C16H8Cl2FNO3. The summed E-state index contributed by atoms with van der Waals surface area (Å²) in [6.45, 7) is 0. The van der Waals surface area contributed by atoms with Crippen molar-refractivity contribution < 1.29 is 13.6 Å². The zero-order valence-corrected chi connectivity index (χ0v) is 12.9. The van der Waals surface area contributed by atoms with Crippen LogP contribution in [0.2, 0.25) is 10.0 Å². The smallest absolute Gasteiger partial charge is 0.349 e. The first-order valence-corrected chi connectivity index (χ1v) is 7.19. The monoisotopic (exact) mass is 351 g/mol. The lowest BCUT2D eigenvalue weighted by atomic mass is 10.1. The number of hydrogen-bond acceptors (Lipinski definition) is 3. The normalized spacial score (nSPS) is 10.7. The maximum Gasteiger partial charge on any atom is 0.349 e. The number of nitrogens with one attached hydrogen (secondary N) is 1. The summed E-state index contributed by atoms with van der Waals surface area (Å²) in [5.74, 6) is -1.30. The van der Waals surface area contributed by atoms with Gasteiger partial charge in [-0.05, 0) is 42.5 Å². The predicted molar refractivity (Wildman–Crippen MR) is 86.9 cm³/mol. The minimum absolute atomic E-state index is 0.139. The molecule has 0 atom stereocenters. The minimum Gasteiger partial charge on any atom is -0.422 e. The first-order chi connectivity index (χ1) is 10.9. The number of carbonyl (C=O) groups is 1. The van der Waals surface area contributed by atoms with Crippen LogP contribution in [0.5, 0.6) is 0 Å². The average Bonchev–Trinajstić information content (AvgIpc) is 2.50. The molecule has 1 N–H and O–H groups in total. The van der Waals surface area contributed by atoms with Crippen molar-refractivity contribution in [2.24, 2.45) is 0 Å². The van der Waals surface area contributed by atoms with Gasteiger partial charge in [-0.15, -0.1) is 0 Å². The van der Waals surface area contributed by atoms with Crippen LogP contribution in [0.4, 0.5) is 10.1 Å². The van der Waals surface area contributed by atoms with Crippen LogP contribution in [0.1, 0.15) is 10.4 Å². The van der Waals surface area contributed by atoms with Crippen molar-refractivity contribution in [1.29, 1.82) is 0 Å². The van der Waals surface area contributed by atoms with Crippen LogP contribution >= 0.6 is 23.2 Å². The number of carbonyl (C=O) groups excluding carboxylic acids is 1. The molecule has 0 bridgehead atoms. The third kappa shape index (κ3) is 3.21. The molecule has 0 aliphatic rings. The molecule has 0 saturated heterocycles. The Morgan fingerprint density at radius 1 is 1.09 bits per heavy atom. The second-order valence-corrected chi connectivity index (χ2v) is 5.56. The summed E-state index contributed by atoms with van der Waals surface area (Å²) in [5, 5.41) is 3.29. The highest BCUT2D eigenvalue weighted by Gasteiger charge is 2.15. The van der Waals surface area contributed by atoms with Gasteiger partial charge in [0.2, 0.25) is 0 Å². The lowest BCUT2D eigenvalue weighted by molar-refractivity contribution is 0.102. The molecule has 1 heterocycles. The summed E-state index contributed by atoms with van der Waals surface area (Å²) >= 11 is 11.5. The van der Waals surface area contributed by atoms with E-state index in [-0.39, 0.29) is 16.3 Å². The summed E-state index contributed by atoms with van der Waals surface area (Å²) < 4.78 is 18.2. The van der Waals surface area contributed by atoms with E-state index in [1.54, 1.807) is 18.2 Å². The van der Waals surface area contributed by atoms with Gasteiger partial charge in [-0.3, -0.25) is 4.79 Å². The molecule has 0 saturated carbocycles. The van der Waals surface area contributed by atoms with Crippen LogP contribution < -0.4 is 10.9 Å². The second kappa shape index (κ2) is 6.02. The van der Waals surface area contributed by atoms with Gasteiger partial charge in [-0.2, -0.15) is 0 Å². The van der Waals surface area contributed by atoms with Gasteiger partial charge in [0.05, 0.1) is 5.02 Å². The van der Waals surface area contributed by atoms with Gasteiger partial charge in [0, 0.05) is 16.1 Å². The largest absolute Gasteiger partial charge is 0.422 e. The van der Waals surface area contributed by atoms with E-state index in [9.17, 15) is 14.0 Å². The van der Waals surface area contributed by atoms with Gasteiger partial charge in [0.15, 0.2) is 0 Å². The second-order valence-electron chi connectivity index (χ2n) is 4.71. The van der Waals surface area contributed by atoms with Gasteiger partial charge in [0.1, 0.15) is 17.0 Å². The first kappa shape index (κ1) is 15.5. The lowest BCUT2D eigenvalue weighted by Crippen LogP contribution is -2.20. The van der Waals surface area contributed by atoms with Crippen LogP contribution in [-0.4, -0.2) is 5.91 Å². The molecule has 3 rings (SSSR count). The number of fused-ring (bicyclic) bond motifs is 1. The van der Waals surface area contributed by atoms with Crippen LogP contribution in [0.15, 0.2) is 51.7 Å². The van der Waals surface area contributed by atoms with E-state index in [2.05, 4.69) is 5.32 Å². The number of amides is 1. The molecule has 4 nitrogen and oxygen atoms in total. The van der Waals surface area contributed by atoms with E-state index < -0.39 is 17.3 Å². The summed E-state index contributed by atoms with van der Waals surface area (Å²) in [7, 11) is 0. The fourth-order valence-electron chi connectivity index (χ4n) is 2.02. The van der Waals surface area contributed by atoms with Gasteiger partial charge in [0.25, 0.3) is 5.91 Å². The Balaban J connectivity index is 1.98. The first-order valence-electron chi connectivity index (χ1n) is 6.44. The molecule has 116 valence electrons. The van der Waals surface area contributed by atoms with E-state index in [1.165, 1.54) is 18.2 Å².